The first kappa shape index (κ1) is 16.6. The molecule has 1 aliphatic heterocycles. The van der Waals surface area contributed by atoms with E-state index in [1.807, 2.05) is 22.2 Å². The van der Waals surface area contributed by atoms with E-state index in [1.165, 1.54) is 15.3 Å². The van der Waals surface area contributed by atoms with Crippen LogP contribution in [0.1, 0.15) is 53.7 Å². The normalized spacial score (nSPS) is 17.8. The summed E-state index contributed by atoms with van der Waals surface area (Å²) >= 11 is 1.89. The van der Waals surface area contributed by atoms with Crippen molar-refractivity contribution in [2.45, 2.75) is 58.7 Å². The maximum Gasteiger partial charge on any atom is 0.114 e. The number of piperidine rings is 1. The Morgan fingerprint density at radius 1 is 1.30 bits per heavy atom. The number of aromatic nitrogens is 3. The molecule has 0 saturated carbocycles. The van der Waals surface area contributed by atoms with E-state index in [1.54, 1.807) is 13.8 Å². The summed E-state index contributed by atoms with van der Waals surface area (Å²) in [6.07, 6.45) is 4.06. The molecule has 126 valence electrons. The quantitative estimate of drug-likeness (QED) is 0.934. The molecule has 0 radical (unpaired) electrons. The van der Waals surface area contributed by atoms with Gasteiger partial charge in [0.1, 0.15) is 11.3 Å². The molecule has 0 aliphatic carbocycles. The van der Waals surface area contributed by atoms with Gasteiger partial charge in [-0.05, 0) is 52.2 Å². The second kappa shape index (κ2) is 6.34. The van der Waals surface area contributed by atoms with Crippen LogP contribution in [0, 0.1) is 13.8 Å². The third-order valence-electron chi connectivity index (χ3n) is 4.61. The van der Waals surface area contributed by atoms with E-state index in [4.69, 9.17) is 0 Å². The van der Waals surface area contributed by atoms with Crippen LogP contribution in [0.2, 0.25) is 0 Å². The maximum atomic E-state index is 10.0. The van der Waals surface area contributed by atoms with Gasteiger partial charge >= 0.3 is 0 Å². The Hall–Kier alpha value is -1.24. The Balaban J connectivity index is 1.58. The third-order valence-corrected chi connectivity index (χ3v) is 5.61. The third kappa shape index (κ3) is 3.82. The average Bonchev–Trinajstić information content (AvgIpc) is 3.07. The van der Waals surface area contributed by atoms with Crippen molar-refractivity contribution in [1.82, 2.24) is 19.9 Å². The van der Waals surface area contributed by atoms with Gasteiger partial charge in [-0.25, -0.2) is 4.68 Å². The summed E-state index contributed by atoms with van der Waals surface area (Å²) in [5.74, 6) is 0. The zero-order valence-electron chi connectivity index (χ0n) is 14.4. The summed E-state index contributed by atoms with van der Waals surface area (Å²) in [4.78, 5) is 5.36. The summed E-state index contributed by atoms with van der Waals surface area (Å²) in [5.41, 5.74) is 1.19. The smallest absolute Gasteiger partial charge is 0.114 e. The van der Waals surface area contributed by atoms with Gasteiger partial charge < -0.3 is 5.11 Å². The lowest BCUT2D eigenvalue weighted by atomic mass is 10.0. The summed E-state index contributed by atoms with van der Waals surface area (Å²) < 4.78 is 1.94. The highest BCUT2D eigenvalue weighted by atomic mass is 32.1. The van der Waals surface area contributed by atoms with Crippen LogP contribution < -0.4 is 0 Å². The fraction of sp³-hybridized carbons (Fsp3) is 0.647. The van der Waals surface area contributed by atoms with Gasteiger partial charge in [-0.3, -0.25) is 4.90 Å². The Kier molecular flexibility index (Phi) is 4.58. The number of likely N-dealkylation sites (tertiary alicyclic amines) is 1. The standard InChI is InChI=1S/C17H26N4OS/c1-12-9-14(13(2)23-12)10-20-7-5-15(6-8-20)21-11-16(18-19-21)17(3,4)22/h9,11,15,22H,5-8,10H2,1-4H3. The van der Waals surface area contributed by atoms with Crippen molar-refractivity contribution in [2.24, 2.45) is 0 Å². The highest BCUT2D eigenvalue weighted by Crippen LogP contribution is 2.27. The van der Waals surface area contributed by atoms with E-state index < -0.39 is 5.60 Å². The molecule has 0 unspecified atom stereocenters. The average molecular weight is 334 g/mol. The van der Waals surface area contributed by atoms with Crippen molar-refractivity contribution in [3.8, 4) is 0 Å². The molecule has 0 aromatic carbocycles. The Morgan fingerprint density at radius 2 is 2.00 bits per heavy atom. The predicted molar refractivity (Wildman–Crippen MR) is 92.6 cm³/mol. The molecule has 6 heteroatoms. The molecular formula is C17H26N4OS. The Bertz CT molecular complexity index is 662. The molecule has 3 rings (SSSR count). The maximum absolute atomic E-state index is 10.0. The fourth-order valence-electron chi connectivity index (χ4n) is 3.16. The van der Waals surface area contributed by atoms with Crippen molar-refractivity contribution in [3.05, 3.63) is 33.3 Å². The first-order chi connectivity index (χ1) is 10.8. The first-order valence-electron chi connectivity index (χ1n) is 8.26. The number of rotatable bonds is 4. The molecule has 0 spiro atoms. The van der Waals surface area contributed by atoms with Gasteiger partial charge in [0.15, 0.2) is 0 Å². The van der Waals surface area contributed by atoms with Crippen LogP contribution in [0.3, 0.4) is 0 Å². The molecule has 0 bridgehead atoms. The lowest BCUT2D eigenvalue weighted by molar-refractivity contribution is 0.0736. The number of hydrogen-bond donors (Lipinski definition) is 1. The number of hydrogen-bond acceptors (Lipinski definition) is 5. The highest BCUT2D eigenvalue weighted by Gasteiger charge is 2.25. The molecular weight excluding hydrogens is 308 g/mol. The van der Waals surface area contributed by atoms with Crippen LogP contribution in [-0.4, -0.2) is 38.1 Å². The Labute approximate surface area is 141 Å². The lowest BCUT2D eigenvalue weighted by Gasteiger charge is -2.31. The largest absolute Gasteiger partial charge is 0.384 e. The molecule has 1 aliphatic rings. The lowest BCUT2D eigenvalue weighted by Crippen LogP contribution is -2.34. The summed E-state index contributed by atoms with van der Waals surface area (Å²) in [7, 11) is 0. The zero-order chi connectivity index (χ0) is 16.6. The van der Waals surface area contributed by atoms with Crippen LogP contribution in [0.4, 0.5) is 0 Å². The van der Waals surface area contributed by atoms with Gasteiger partial charge in [0.2, 0.25) is 0 Å². The second-order valence-electron chi connectivity index (χ2n) is 7.09. The van der Waals surface area contributed by atoms with Crippen molar-refractivity contribution in [3.63, 3.8) is 0 Å². The van der Waals surface area contributed by atoms with Gasteiger partial charge in [0, 0.05) is 29.4 Å². The Morgan fingerprint density at radius 3 is 2.52 bits per heavy atom. The van der Waals surface area contributed by atoms with Crippen molar-refractivity contribution in [2.75, 3.05) is 13.1 Å². The van der Waals surface area contributed by atoms with Gasteiger partial charge in [-0.15, -0.1) is 16.4 Å². The minimum Gasteiger partial charge on any atom is -0.384 e. The molecule has 1 N–H and O–H groups in total. The van der Waals surface area contributed by atoms with Crippen LogP contribution in [0.5, 0.6) is 0 Å². The molecule has 2 aromatic rings. The van der Waals surface area contributed by atoms with E-state index in [0.29, 0.717) is 11.7 Å². The second-order valence-corrected chi connectivity index (χ2v) is 8.55. The SMILES string of the molecule is Cc1cc(CN2CCC(n3cc(C(C)(C)O)nn3)CC2)c(C)s1. The summed E-state index contributed by atoms with van der Waals surface area (Å²) in [5, 5.41) is 18.3. The monoisotopic (exact) mass is 334 g/mol. The predicted octanol–water partition coefficient (Wildman–Crippen LogP) is 3.02. The van der Waals surface area contributed by atoms with Gasteiger partial charge in [-0.1, -0.05) is 5.21 Å². The van der Waals surface area contributed by atoms with Gasteiger partial charge in [0.25, 0.3) is 0 Å². The topological polar surface area (TPSA) is 54.2 Å². The van der Waals surface area contributed by atoms with Crippen LogP contribution in [0.25, 0.3) is 0 Å². The van der Waals surface area contributed by atoms with Crippen molar-refractivity contribution in [1.29, 1.82) is 0 Å². The van der Waals surface area contributed by atoms with E-state index in [9.17, 15) is 5.11 Å². The van der Waals surface area contributed by atoms with E-state index in [0.717, 1.165) is 32.5 Å². The number of aryl methyl sites for hydroxylation is 2. The first-order valence-corrected chi connectivity index (χ1v) is 9.07. The van der Waals surface area contributed by atoms with Crippen molar-refractivity contribution >= 4 is 11.3 Å². The molecule has 1 fully saturated rings. The van der Waals surface area contributed by atoms with Gasteiger partial charge in [0.05, 0.1) is 12.2 Å². The van der Waals surface area contributed by atoms with E-state index in [-0.39, 0.29) is 0 Å². The molecule has 5 nitrogen and oxygen atoms in total. The molecule has 23 heavy (non-hydrogen) atoms. The van der Waals surface area contributed by atoms with E-state index >= 15 is 0 Å². The number of thiophene rings is 1. The number of aliphatic hydroxyl groups is 1. The minimum atomic E-state index is -0.923. The van der Waals surface area contributed by atoms with Gasteiger partial charge in [-0.2, -0.15) is 0 Å². The molecule has 0 amide bonds. The van der Waals surface area contributed by atoms with Crippen LogP contribution in [0.15, 0.2) is 12.3 Å². The highest BCUT2D eigenvalue weighted by molar-refractivity contribution is 7.12. The van der Waals surface area contributed by atoms with Crippen molar-refractivity contribution < 1.29 is 5.11 Å². The minimum absolute atomic E-state index is 0.389. The summed E-state index contributed by atoms with van der Waals surface area (Å²) in [6.45, 7) is 11.1. The molecule has 0 atom stereocenters. The molecule has 2 aromatic heterocycles. The number of nitrogens with zero attached hydrogens (tertiary/aromatic N) is 4. The molecule has 3 heterocycles. The summed E-state index contributed by atoms with van der Waals surface area (Å²) in [6, 6.07) is 2.71. The fourth-order valence-corrected chi connectivity index (χ4v) is 4.10. The van der Waals surface area contributed by atoms with E-state index in [2.05, 4.69) is 35.1 Å². The molecule has 1 saturated heterocycles. The van der Waals surface area contributed by atoms with Crippen LogP contribution in [-0.2, 0) is 12.1 Å². The van der Waals surface area contributed by atoms with Crippen LogP contribution >= 0.6 is 11.3 Å². The zero-order valence-corrected chi connectivity index (χ0v) is 15.2.